The molecule has 1 atom stereocenters. The quantitative estimate of drug-likeness (QED) is 0.776. The van der Waals surface area contributed by atoms with Crippen LogP contribution in [-0.2, 0) is 0 Å². The number of urea groups is 1. The lowest BCUT2D eigenvalue weighted by molar-refractivity contribution is -0.222. The molecule has 0 bridgehead atoms. The Bertz CT molecular complexity index is 430. The minimum Gasteiger partial charge on any atom is -0.383 e. The van der Waals surface area contributed by atoms with Crippen LogP contribution in [0.15, 0.2) is 11.6 Å². The van der Waals surface area contributed by atoms with Gasteiger partial charge in [-0.3, -0.25) is 0 Å². The third-order valence-electron chi connectivity index (χ3n) is 4.72. The first-order valence-corrected chi connectivity index (χ1v) is 8.33. The third-order valence-corrected chi connectivity index (χ3v) is 4.72. The number of aliphatic hydroxyl groups excluding tert-OH is 1. The Balaban J connectivity index is 1.68. The average Bonchev–Trinajstić information content (AvgIpc) is 2.54. The van der Waals surface area contributed by atoms with Crippen molar-refractivity contribution in [2.45, 2.75) is 57.2 Å². The van der Waals surface area contributed by atoms with Crippen LogP contribution < -0.4 is 5.32 Å². The Hall–Kier alpha value is -1.24. The summed E-state index contributed by atoms with van der Waals surface area (Å²) in [7, 11) is 0. The fourth-order valence-corrected chi connectivity index (χ4v) is 3.26. The van der Waals surface area contributed by atoms with Crippen LogP contribution in [0.2, 0.25) is 0 Å². The van der Waals surface area contributed by atoms with Gasteiger partial charge in [-0.25, -0.2) is 4.79 Å². The Morgan fingerprint density at radius 1 is 1.35 bits per heavy atom. The van der Waals surface area contributed by atoms with Crippen LogP contribution in [0.1, 0.15) is 44.9 Å². The van der Waals surface area contributed by atoms with Crippen LogP contribution in [0.5, 0.6) is 0 Å². The summed E-state index contributed by atoms with van der Waals surface area (Å²) >= 11 is 0. The first kappa shape index (κ1) is 18.1. The van der Waals surface area contributed by atoms with Crippen LogP contribution >= 0.6 is 0 Å². The molecule has 2 rings (SSSR count). The molecule has 1 fully saturated rings. The standard InChI is InChI=1S/C16H25F3N2O2/c17-16(18,19)14(22)13-7-10-21(11-8-13)15(23)20-9-6-12-4-2-1-3-5-12/h4,13-14,22H,1-3,5-11H2,(H,20,23)/t14-/m0/s1. The SMILES string of the molecule is O=C(NCCC1=CCCCC1)N1CCC([C@H](O)C(F)(F)F)CC1. The molecule has 2 N–H and O–H groups in total. The molecule has 0 aromatic carbocycles. The van der Waals surface area contributed by atoms with E-state index in [9.17, 15) is 23.1 Å². The van der Waals surface area contributed by atoms with Crippen molar-refractivity contribution in [3.63, 3.8) is 0 Å². The molecule has 0 aromatic heterocycles. The van der Waals surface area contributed by atoms with Gasteiger partial charge in [-0.15, -0.1) is 0 Å². The molecule has 132 valence electrons. The van der Waals surface area contributed by atoms with E-state index in [1.54, 1.807) is 0 Å². The largest absolute Gasteiger partial charge is 0.414 e. The van der Waals surface area contributed by atoms with Gasteiger partial charge in [-0.05, 0) is 50.9 Å². The minimum atomic E-state index is -4.58. The lowest BCUT2D eigenvalue weighted by Crippen LogP contribution is -2.48. The van der Waals surface area contributed by atoms with Crippen molar-refractivity contribution in [2.24, 2.45) is 5.92 Å². The van der Waals surface area contributed by atoms with Crippen molar-refractivity contribution >= 4 is 6.03 Å². The topological polar surface area (TPSA) is 52.6 Å². The Kier molecular flexibility index (Phi) is 6.33. The lowest BCUT2D eigenvalue weighted by Gasteiger charge is -2.34. The van der Waals surface area contributed by atoms with E-state index in [1.165, 1.54) is 23.3 Å². The van der Waals surface area contributed by atoms with E-state index >= 15 is 0 Å². The Labute approximate surface area is 134 Å². The van der Waals surface area contributed by atoms with E-state index in [2.05, 4.69) is 11.4 Å². The second kappa shape index (κ2) is 8.04. The zero-order chi connectivity index (χ0) is 16.9. The minimum absolute atomic E-state index is 0.180. The highest BCUT2D eigenvalue weighted by molar-refractivity contribution is 5.74. The number of alkyl halides is 3. The molecule has 1 aliphatic carbocycles. The average molecular weight is 334 g/mol. The van der Waals surface area contributed by atoms with E-state index in [1.807, 2.05) is 0 Å². The number of aliphatic hydroxyl groups is 1. The van der Waals surface area contributed by atoms with Crippen LogP contribution in [0, 0.1) is 5.92 Å². The molecule has 0 aromatic rings. The van der Waals surface area contributed by atoms with Gasteiger partial charge in [0.25, 0.3) is 0 Å². The molecule has 0 spiro atoms. The van der Waals surface area contributed by atoms with Crippen molar-refractivity contribution in [3.05, 3.63) is 11.6 Å². The van der Waals surface area contributed by atoms with E-state index < -0.39 is 18.2 Å². The van der Waals surface area contributed by atoms with Crippen molar-refractivity contribution in [2.75, 3.05) is 19.6 Å². The van der Waals surface area contributed by atoms with Gasteiger partial charge in [-0.1, -0.05) is 11.6 Å². The predicted molar refractivity (Wildman–Crippen MR) is 80.9 cm³/mol. The maximum atomic E-state index is 12.5. The normalized spacial score (nSPS) is 21.7. The summed E-state index contributed by atoms with van der Waals surface area (Å²) in [6.07, 6.45) is 1.21. The number of allylic oxidation sites excluding steroid dienone is 1. The highest BCUT2D eigenvalue weighted by Gasteiger charge is 2.44. The van der Waals surface area contributed by atoms with Crippen LogP contribution in [0.4, 0.5) is 18.0 Å². The Morgan fingerprint density at radius 3 is 2.61 bits per heavy atom. The molecule has 0 unspecified atom stereocenters. The maximum absolute atomic E-state index is 12.5. The summed E-state index contributed by atoms with van der Waals surface area (Å²) in [6.45, 7) is 1.08. The van der Waals surface area contributed by atoms with Crippen molar-refractivity contribution in [3.8, 4) is 0 Å². The molecule has 1 aliphatic heterocycles. The van der Waals surface area contributed by atoms with Gasteiger partial charge in [-0.2, -0.15) is 13.2 Å². The zero-order valence-electron chi connectivity index (χ0n) is 13.2. The third kappa shape index (κ3) is 5.41. The molecule has 23 heavy (non-hydrogen) atoms. The summed E-state index contributed by atoms with van der Waals surface area (Å²) in [5.41, 5.74) is 1.38. The van der Waals surface area contributed by atoms with Gasteiger partial charge >= 0.3 is 12.2 Å². The van der Waals surface area contributed by atoms with E-state index in [-0.39, 0.29) is 32.0 Å². The number of amides is 2. The summed E-state index contributed by atoms with van der Waals surface area (Å²) in [5.74, 6) is -0.813. The van der Waals surface area contributed by atoms with E-state index in [0.717, 1.165) is 19.3 Å². The van der Waals surface area contributed by atoms with Gasteiger partial charge in [0.05, 0.1) is 0 Å². The number of halogens is 3. The van der Waals surface area contributed by atoms with Gasteiger partial charge < -0.3 is 15.3 Å². The van der Waals surface area contributed by atoms with Crippen LogP contribution in [0.3, 0.4) is 0 Å². The summed E-state index contributed by atoms with van der Waals surface area (Å²) < 4.78 is 37.5. The molecule has 0 radical (unpaired) electrons. The highest BCUT2D eigenvalue weighted by atomic mass is 19.4. The van der Waals surface area contributed by atoms with Crippen molar-refractivity contribution in [1.82, 2.24) is 10.2 Å². The van der Waals surface area contributed by atoms with Gasteiger partial charge in [0.15, 0.2) is 6.10 Å². The molecule has 7 heteroatoms. The first-order chi connectivity index (χ1) is 10.9. The number of carbonyl (C=O) groups excluding carboxylic acids is 1. The molecular weight excluding hydrogens is 309 g/mol. The second-order valence-electron chi connectivity index (χ2n) is 6.40. The van der Waals surface area contributed by atoms with Crippen LogP contribution in [-0.4, -0.2) is 48.0 Å². The summed E-state index contributed by atoms with van der Waals surface area (Å²) in [6, 6.07) is -0.221. The van der Waals surface area contributed by atoms with Gasteiger partial charge in [0.2, 0.25) is 0 Å². The molecule has 1 heterocycles. The first-order valence-electron chi connectivity index (χ1n) is 8.33. The number of rotatable bonds is 4. The van der Waals surface area contributed by atoms with Gasteiger partial charge in [0.1, 0.15) is 0 Å². The lowest BCUT2D eigenvalue weighted by atomic mass is 9.91. The number of piperidine rings is 1. The van der Waals surface area contributed by atoms with E-state index in [4.69, 9.17) is 0 Å². The molecule has 0 saturated carbocycles. The fraction of sp³-hybridized carbons (Fsp3) is 0.812. The maximum Gasteiger partial charge on any atom is 0.414 e. The number of nitrogens with zero attached hydrogens (tertiary/aromatic N) is 1. The fourth-order valence-electron chi connectivity index (χ4n) is 3.26. The van der Waals surface area contributed by atoms with Crippen LogP contribution in [0.25, 0.3) is 0 Å². The summed E-state index contributed by atoms with van der Waals surface area (Å²) in [4.78, 5) is 13.6. The number of hydrogen-bond acceptors (Lipinski definition) is 2. The Morgan fingerprint density at radius 2 is 2.04 bits per heavy atom. The smallest absolute Gasteiger partial charge is 0.383 e. The van der Waals surface area contributed by atoms with E-state index in [0.29, 0.717) is 6.54 Å². The molecule has 1 saturated heterocycles. The monoisotopic (exact) mass is 334 g/mol. The summed E-state index contributed by atoms with van der Waals surface area (Å²) in [5, 5.41) is 12.1. The number of hydrogen-bond donors (Lipinski definition) is 2. The molecular formula is C16H25F3N2O2. The predicted octanol–water partition coefficient (Wildman–Crippen LogP) is 3.22. The van der Waals surface area contributed by atoms with Crippen molar-refractivity contribution < 1.29 is 23.1 Å². The molecule has 4 nitrogen and oxygen atoms in total. The molecule has 2 aliphatic rings. The second-order valence-corrected chi connectivity index (χ2v) is 6.40. The highest BCUT2D eigenvalue weighted by Crippen LogP contribution is 2.31. The number of carbonyl (C=O) groups is 1. The number of nitrogens with one attached hydrogen (secondary N) is 1. The van der Waals surface area contributed by atoms with Gasteiger partial charge in [0, 0.05) is 19.6 Å². The zero-order valence-corrected chi connectivity index (χ0v) is 13.2. The van der Waals surface area contributed by atoms with Crippen molar-refractivity contribution in [1.29, 1.82) is 0 Å². The molecule has 2 amide bonds. The number of likely N-dealkylation sites (tertiary alicyclic amines) is 1.